The van der Waals surface area contributed by atoms with E-state index in [2.05, 4.69) is 10.3 Å². The molecule has 8 heteroatoms. The van der Waals surface area contributed by atoms with Gasteiger partial charge in [0.2, 0.25) is 0 Å². The second kappa shape index (κ2) is 5.51. The molecule has 1 aliphatic heterocycles. The van der Waals surface area contributed by atoms with Gasteiger partial charge in [0.25, 0.3) is 5.91 Å². The molecule has 1 fully saturated rings. The summed E-state index contributed by atoms with van der Waals surface area (Å²) < 4.78 is 50.7. The van der Waals surface area contributed by atoms with Crippen LogP contribution in [0.15, 0.2) is 23.2 Å². The van der Waals surface area contributed by atoms with Crippen molar-refractivity contribution < 1.29 is 22.4 Å². The lowest BCUT2D eigenvalue weighted by molar-refractivity contribution is -0.166. The average Bonchev–Trinajstić information content (AvgIpc) is 2.75. The summed E-state index contributed by atoms with van der Waals surface area (Å²) in [5.41, 5.74) is 1.24. The lowest BCUT2D eigenvalue weighted by Crippen LogP contribution is -2.46. The third-order valence-electron chi connectivity index (χ3n) is 4.17. The second-order valence-electron chi connectivity index (χ2n) is 5.74. The van der Waals surface area contributed by atoms with Crippen molar-refractivity contribution in [1.29, 1.82) is 0 Å². The summed E-state index contributed by atoms with van der Waals surface area (Å²) in [5, 5.41) is 2.08. The molecule has 23 heavy (non-hydrogen) atoms. The predicted octanol–water partition coefficient (Wildman–Crippen LogP) is 3.74. The fourth-order valence-electron chi connectivity index (χ4n) is 2.80. The number of carbonyl (C=O) groups is 1. The summed E-state index contributed by atoms with van der Waals surface area (Å²) in [6.07, 6.45) is -2.66. The number of carbonyl (C=O) groups excluding carboxylic acids is 1. The summed E-state index contributed by atoms with van der Waals surface area (Å²) in [6, 6.07) is 4.15. The minimum Gasteiger partial charge on any atom is -0.304 e. The molecule has 1 amide bonds. The van der Waals surface area contributed by atoms with Gasteiger partial charge in [-0.2, -0.15) is 13.2 Å². The highest BCUT2D eigenvalue weighted by atomic mass is 32.2. The normalized spacial score (nSPS) is 29.5. The molecule has 0 saturated carbocycles. The molecule has 2 aliphatic rings. The molecule has 0 spiro atoms. The van der Waals surface area contributed by atoms with E-state index in [1.54, 1.807) is 12.1 Å². The SMILES string of the molecule is CC1(C(F)(F)F)SC(=N[C@H]2CCCc3cccc(F)c32)NC1=O. The molecule has 1 aromatic carbocycles. The molecule has 124 valence electrons. The van der Waals surface area contributed by atoms with Gasteiger partial charge in [-0.05, 0) is 37.8 Å². The van der Waals surface area contributed by atoms with Gasteiger partial charge >= 0.3 is 6.18 Å². The molecule has 1 saturated heterocycles. The minimum absolute atomic E-state index is 0.101. The van der Waals surface area contributed by atoms with Gasteiger partial charge in [0.15, 0.2) is 9.91 Å². The number of hydrogen-bond donors (Lipinski definition) is 1. The molecule has 1 aliphatic carbocycles. The van der Waals surface area contributed by atoms with Crippen molar-refractivity contribution >= 4 is 22.8 Å². The number of fused-ring (bicyclic) bond motifs is 1. The minimum atomic E-state index is -4.69. The van der Waals surface area contributed by atoms with Gasteiger partial charge in [0.05, 0.1) is 6.04 Å². The van der Waals surface area contributed by atoms with Crippen LogP contribution in [0, 0.1) is 5.82 Å². The first kappa shape index (κ1) is 16.3. The Morgan fingerprint density at radius 3 is 2.78 bits per heavy atom. The Hall–Kier alpha value is -1.57. The van der Waals surface area contributed by atoms with E-state index in [0.29, 0.717) is 30.2 Å². The maximum Gasteiger partial charge on any atom is 0.412 e. The molecule has 0 bridgehead atoms. The Labute approximate surface area is 134 Å². The van der Waals surface area contributed by atoms with Gasteiger partial charge in [-0.1, -0.05) is 23.9 Å². The van der Waals surface area contributed by atoms with Crippen LogP contribution in [0.3, 0.4) is 0 Å². The Morgan fingerprint density at radius 2 is 2.13 bits per heavy atom. The highest BCUT2D eigenvalue weighted by molar-refractivity contribution is 8.16. The number of halogens is 4. The molecule has 1 unspecified atom stereocenters. The summed E-state index contributed by atoms with van der Waals surface area (Å²) in [5.74, 6) is -1.55. The van der Waals surface area contributed by atoms with Gasteiger partial charge < -0.3 is 5.32 Å². The topological polar surface area (TPSA) is 41.5 Å². The van der Waals surface area contributed by atoms with Crippen molar-refractivity contribution in [2.45, 2.75) is 43.2 Å². The third kappa shape index (κ3) is 2.73. The first-order valence-corrected chi connectivity index (χ1v) is 7.96. The molecule has 1 N–H and O–H groups in total. The molecule has 3 rings (SSSR count). The van der Waals surface area contributed by atoms with Crippen LogP contribution in [-0.2, 0) is 11.2 Å². The molecule has 1 heterocycles. The number of amidine groups is 1. The Morgan fingerprint density at radius 1 is 1.39 bits per heavy atom. The van der Waals surface area contributed by atoms with Crippen molar-refractivity contribution in [3.8, 4) is 0 Å². The summed E-state index contributed by atoms with van der Waals surface area (Å²) in [4.78, 5) is 15.9. The number of benzene rings is 1. The number of alkyl halides is 3. The standard InChI is InChI=1S/C15H14F4N2OS/c1-14(15(17,18)19)12(22)21-13(23-14)20-10-7-3-5-8-4-2-6-9(16)11(8)10/h2,4,6,10H,3,5,7H2,1H3,(H,20,21,22)/t10-,14?/m0/s1. The summed E-state index contributed by atoms with van der Waals surface area (Å²) >= 11 is 0.344. The van der Waals surface area contributed by atoms with Gasteiger partial charge in [-0.15, -0.1) is 0 Å². The van der Waals surface area contributed by atoms with Crippen LogP contribution in [0.1, 0.15) is 36.9 Å². The van der Waals surface area contributed by atoms with Crippen LogP contribution in [0.5, 0.6) is 0 Å². The Balaban J connectivity index is 1.92. The lowest BCUT2D eigenvalue weighted by Gasteiger charge is -2.23. The lowest BCUT2D eigenvalue weighted by atomic mass is 9.88. The third-order valence-corrected chi connectivity index (χ3v) is 5.39. The molecule has 3 nitrogen and oxygen atoms in total. The van der Waals surface area contributed by atoms with Crippen molar-refractivity contribution in [2.24, 2.45) is 4.99 Å². The van der Waals surface area contributed by atoms with E-state index in [0.717, 1.165) is 18.9 Å². The zero-order chi connectivity index (χ0) is 16.8. The van der Waals surface area contributed by atoms with E-state index in [9.17, 15) is 22.4 Å². The maximum atomic E-state index is 14.1. The van der Waals surface area contributed by atoms with Crippen molar-refractivity contribution in [2.75, 3.05) is 0 Å². The first-order valence-electron chi connectivity index (χ1n) is 7.14. The summed E-state index contributed by atoms with van der Waals surface area (Å²) in [7, 11) is 0. The molecular weight excluding hydrogens is 332 g/mol. The zero-order valence-corrected chi connectivity index (χ0v) is 13.0. The van der Waals surface area contributed by atoms with Crippen LogP contribution in [-0.4, -0.2) is 22.0 Å². The Kier molecular flexibility index (Phi) is 3.90. The Bertz CT molecular complexity index is 689. The van der Waals surface area contributed by atoms with Gasteiger partial charge in [0.1, 0.15) is 5.82 Å². The van der Waals surface area contributed by atoms with E-state index < -0.39 is 28.7 Å². The van der Waals surface area contributed by atoms with Crippen molar-refractivity contribution in [3.05, 3.63) is 35.1 Å². The van der Waals surface area contributed by atoms with Gasteiger partial charge in [-0.3, -0.25) is 9.79 Å². The van der Waals surface area contributed by atoms with Crippen LogP contribution < -0.4 is 5.32 Å². The fraction of sp³-hybridized carbons (Fsp3) is 0.467. The maximum absolute atomic E-state index is 14.1. The van der Waals surface area contributed by atoms with E-state index in [1.807, 2.05) is 0 Å². The highest BCUT2D eigenvalue weighted by Gasteiger charge is 2.61. The van der Waals surface area contributed by atoms with Crippen LogP contribution in [0.2, 0.25) is 0 Å². The molecular formula is C15H14F4N2OS. The number of nitrogens with zero attached hydrogens (tertiary/aromatic N) is 1. The van der Waals surface area contributed by atoms with Gasteiger partial charge in [0, 0.05) is 5.56 Å². The zero-order valence-electron chi connectivity index (χ0n) is 12.2. The first-order chi connectivity index (χ1) is 10.7. The molecule has 1 aromatic rings. The molecule has 2 atom stereocenters. The van der Waals surface area contributed by atoms with Crippen LogP contribution in [0.4, 0.5) is 17.6 Å². The quantitative estimate of drug-likeness (QED) is 0.787. The number of thioether (sulfide) groups is 1. The summed E-state index contributed by atoms with van der Waals surface area (Å²) in [6.45, 7) is 0.824. The van der Waals surface area contributed by atoms with Crippen LogP contribution in [0.25, 0.3) is 0 Å². The number of aliphatic imine (C=N–C) groups is 1. The average molecular weight is 346 g/mol. The number of rotatable bonds is 1. The van der Waals surface area contributed by atoms with Crippen molar-refractivity contribution in [1.82, 2.24) is 5.32 Å². The van der Waals surface area contributed by atoms with E-state index in [1.165, 1.54) is 6.07 Å². The van der Waals surface area contributed by atoms with E-state index in [4.69, 9.17) is 0 Å². The van der Waals surface area contributed by atoms with Gasteiger partial charge in [-0.25, -0.2) is 4.39 Å². The number of amides is 1. The fourth-order valence-corrected chi connectivity index (χ4v) is 3.77. The van der Waals surface area contributed by atoms with Crippen LogP contribution >= 0.6 is 11.8 Å². The largest absolute Gasteiger partial charge is 0.412 e. The van der Waals surface area contributed by atoms with E-state index >= 15 is 0 Å². The smallest absolute Gasteiger partial charge is 0.304 e. The highest BCUT2D eigenvalue weighted by Crippen LogP contribution is 2.46. The molecule has 0 radical (unpaired) electrons. The monoisotopic (exact) mass is 346 g/mol. The predicted molar refractivity (Wildman–Crippen MR) is 79.7 cm³/mol. The van der Waals surface area contributed by atoms with Crippen molar-refractivity contribution in [3.63, 3.8) is 0 Å². The number of nitrogens with one attached hydrogen (secondary N) is 1. The number of hydrogen-bond acceptors (Lipinski definition) is 3. The number of aryl methyl sites for hydroxylation is 1. The van der Waals surface area contributed by atoms with E-state index in [-0.39, 0.29) is 5.17 Å². The second-order valence-corrected chi connectivity index (χ2v) is 7.15. The molecule has 0 aromatic heterocycles.